The Kier molecular flexibility index (Phi) is 3.56. The van der Waals surface area contributed by atoms with Gasteiger partial charge in [0.25, 0.3) is 0 Å². The van der Waals surface area contributed by atoms with Crippen molar-refractivity contribution in [3.63, 3.8) is 0 Å². The van der Waals surface area contributed by atoms with Crippen LogP contribution in [0.1, 0.15) is 11.3 Å². The summed E-state index contributed by atoms with van der Waals surface area (Å²) in [6.07, 6.45) is -2.78. The number of rotatable bonds is 4. The zero-order valence-corrected chi connectivity index (χ0v) is 11.4. The molecule has 0 amide bonds. The molecule has 0 aliphatic carbocycles. The van der Waals surface area contributed by atoms with E-state index in [0.717, 1.165) is 29.2 Å². The minimum atomic E-state index is -4.34. The van der Waals surface area contributed by atoms with Crippen molar-refractivity contribution in [2.75, 3.05) is 5.43 Å². The molecule has 2 aromatic heterocycles. The van der Waals surface area contributed by atoms with Crippen molar-refractivity contribution in [2.45, 2.75) is 12.7 Å². The van der Waals surface area contributed by atoms with Crippen LogP contribution in [-0.2, 0) is 12.7 Å². The maximum absolute atomic E-state index is 12.6. The summed E-state index contributed by atoms with van der Waals surface area (Å²) in [5, 5.41) is 0.496. The number of anilines is 1. The molecule has 3 rings (SSSR count). The molecule has 21 heavy (non-hydrogen) atoms. The molecule has 2 heterocycles. The van der Waals surface area contributed by atoms with Crippen molar-refractivity contribution in [3.8, 4) is 0 Å². The Balaban J connectivity index is 1.72. The Hall–Kier alpha value is -2.06. The van der Waals surface area contributed by atoms with E-state index in [9.17, 15) is 13.2 Å². The Morgan fingerprint density at radius 2 is 2.10 bits per heavy atom. The molecule has 0 atom stereocenters. The molecule has 0 aliphatic rings. The molecule has 0 spiro atoms. The van der Waals surface area contributed by atoms with Gasteiger partial charge in [-0.25, -0.2) is 10.4 Å². The molecular weight excluding hydrogens is 303 g/mol. The van der Waals surface area contributed by atoms with Crippen LogP contribution in [0.3, 0.4) is 0 Å². The summed E-state index contributed by atoms with van der Waals surface area (Å²) >= 11 is 1.15. The molecule has 0 unspecified atom stereocenters. The third-order valence-electron chi connectivity index (χ3n) is 2.75. The number of hydrogen-bond donors (Lipinski definition) is 2. The van der Waals surface area contributed by atoms with Gasteiger partial charge in [-0.1, -0.05) is 11.3 Å². The summed E-state index contributed by atoms with van der Waals surface area (Å²) in [5.41, 5.74) is 5.59. The molecule has 0 saturated heterocycles. The largest absolute Gasteiger partial charge is 0.468 e. The number of nitrogens with one attached hydrogen (secondary N) is 2. The molecule has 8 heteroatoms. The van der Waals surface area contributed by atoms with Gasteiger partial charge in [0.05, 0.1) is 28.6 Å². The van der Waals surface area contributed by atoms with Crippen LogP contribution in [0.4, 0.5) is 18.3 Å². The molecule has 4 nitrogen and oxygen atoms in total. The van der Waals surface area contributed by atoms with Crippen molar-refractivity contribution >= 4 is 26.7 Å². The van der Waals surface area contributed by atoms with E-state index >= 15 is 0 Å². The zero-order valence-electron chi connectivity index (χ0n) is 10.6. The van der Waals surface area contributed by atoms with Gasteiger partial charge >= 0.3 is 6.18 Å². The fraction of sp³-hybridized carbons (Fsp3) is 0.154. The molecular formula is C13H10F3N3OS. The third-order valence-corrected chi connectivity index (χ3v) is 3.69. The monoisotopic (exact) mass is 313 g/mol. The summed E-state index contributed by atoms with van der Waals surface area (Å²) in [5.74, 6) is 0.739. The van der Waals surface area contributed by atoms with Gasteiger partial charge < -0.3 is 4.42 Å². The second-order valence-corrected chi connectivity index (χ2v) is 5.29. The quantitative estimate of drug-likeness (QED) is 0.714. The topological polar surface area (TPSA) is 50.1 Å². The zero-order chi connectivity index (χ0) is 14.9. The number of nitrogens with zero attached hydrogens (tertiary/aromatic N) is 1. The van der Waals surface area contributed by atoms with Gasteiger partial charge in [-0.05, 0) is 30.3 Å². The Morgan fingerprint density at radius 1 is 1.24 bits per heavy atom. The van der Waals surface area contributed by atoms with Gasteiger partial charge in [0.2, 0.25) is 0 Å². The summed E-state index contributed by atoms with van der Waals surface area (Å²) in [6, 6.07) is 7.08. The van der Waals surface area contributed by atoms with Crippen molar-refractivity contribution in [2.24, 2.45) is 0 Å². The second kappa shape index (κ2) is 5.38. The Morgan fingerprint density at radius 3 is 2.81 bits per heavy atom. The molecule has 0 radical (unpaired) electrons. The standard InChI is InChI=1S/C13H10F3N3OS/c14-13(15,16)8-3-4-10-11(6-8)21-12(18-10)19-17-7-9-2-1-5-20-9/h1-6,17H,7H2,(H,18,19). The number of alkyl halides is 3. The van der Waals surface area contributed by atoms with E-state index in [0.29, 0.717) is 21.9 Å². The van der Waals surface area contributed by atoms with Gasteiger partial charge in [0, 0.05) is 0 Å². The number of aromatic nitrogens is 1. The summed E-state index contributed by atoms with van der Waals surface area (Å²) < 4.78 is 43.5. The Labute approximate surface area is 121 Å². The van der Waals surface area contributed by atoms with Gasteiger partial charge in [0.1, 0.15) is 5.76 Å². The van der Waals surface area contributed by atoms with Crippen LogP contribution >= 0.6 is 11.3 Å². The molecule has 1 aromatic carbocycles. The highest BCUT2D eigenvalue weighted by atomic mass is 32.1. The fourth-order valence-corrected chi connectivity index (χ4v) is 2.65. The smallest absolute Gasteiger partial charge is 0.416 e. The van der Waals surface area contributed by atoms with E-state index in [1.54, 1.807) is 12.3 Å². The summed E-state index contributed by atoms with van der Waals surface area (Å²) in [7, 11) is 0. The minimum Gasteiger partial charge on any atom is -0.468 e. The molecule has 0 fully saturated rings. The number of benzene rings is 1. The van der Waals surface area contributed by atoms with E-state index < -0.39 is 11.7 Å². The van der Waals surface area contributed by atoms with Crippen molar-refractivity contribution < 1.29 is 17.6 Å². The van der Waals surface area contributed by atoms with Crippen molar-refractivity contribution in [1.82, 2.24) is 10.4 Å². The minimum absolute atomic E-state index is 0.441. The van der Waals surface area contributed by atoms with E-state index in [2.05, 4.69) is 15.8 Å². The van der Waals surface area contributed by atoms with Gasteiger partial charge in [0.15, 0.2) is 5.13 Å². The van der Waals surface area contributed by atoms with Gasteiger partial charge in [-0.2, -0.15) is 13.2 Å². The lowest BCUT2D eigenvalue weighted by Gasteiger charge is -2.04. The van der Waals surface area contributed by atoms with Crippen molar-refractivity contribution in [1.29, 1.82) is 0 Å². The average molecular weight is 313 g/mol. The predicted octanol–water partition coefficient (Wildman–Crippen LogP) is 4.02. The maximum atomic E-state index is 12.6. The highest BCUT2D eigenvalue weighted by Crippen LogP contribution is 2.34. The number of furan rings is 1. The van der Waals surface area contributed by atoms with Crippen LogP contribution in [-0.4, -0.2) is 4.98 Å². The van der Waals surface area contributed by atoms with E-state index in [4.69, 9.17) is 4.42 Å². The lowest BCUT2D eigenvalue weighted by atomic mass is 10.2. The first-order chi connectivity index (χ1) is 10.0. The SMILES string of the molecule is FC(F)(F)c1ccc2nc(NNCc3ccco3)sc2c1. The average Bonchev–Trinajstić information content (AvgIpc) is 3.05. The summed E-state index contributed by atoms with van der Waals surface area (Å²) in [4.78, 5) is 4.20. The van der Waals surface area contributed by atoms with Crippen LogP contribution in [0.15, 0.2) is 41.0 Å². The molecule has 110 valence electrons. The lowest BCUT2D eigenvalue weighted by molar-refractivity contribution is -0.137. The number of thiazole rings is 1. The maximum Gasteiger partial charge on any atom is 0.416 e. The van der Waals surface area contributed by atoms with Crippen molar-refractivity contribution in [3.05, 3.63) is 47.9 Å². The van der Waals surface area contributed by atoms with Gasteiger partial charge in [-0.3, -0.25) is 5.43 Å². The number of fused-ring (bicyclic) bond motifs is 1. The van der Waals surface area contributed by atoms with Gasteiger partial charge in [-0.15, -0.1) is 0 Å². The Bertz CT molecular complexity index is 737. The van der Waals surface area contributed by atoms with E-state index in [-0.39, 0.29) is 0 Å². The summed E-state index contributed by atoms with van der Waals surface area (Å²) in [6.45, 7) is 0.441. The van der Waals surface area contributed by atoms with Crippen LogP contribution in [0.2, 0.25) is 0 Å². The van der Waals surface area contributed by atoms with Crippen LogP contribution < -0.4 is 10.9 Å². The highest BCUT2D eigenvalue weighted by molar-refractivity contribution is 7.22. The fourth-order valence-electron chi connectivity index (χ4n) is 1.77. The molecule has 0 aliphatic heterocycles. The first kappa shape index (κ1) is 13.9. The second-order valence-electron chi connectivity index (χ2n) is 4.26. The lowest BCUT2D eigenvalue weighted by Crippen LogP contribution is -2.20. The molecule has 2 N–H and O–H groups in total. The number of hydrogen-bond acceptors (Lipinski definition) is 5. The molecule has 3 aromatic rings. The molecule has 0 saturated carbocycles. The van der Waals surface area contributed by atoms with Crippen LogP contribution in [0, 0.1) is 0 Å². The first-order valence-corrected chi connectivity index (χ1v) is 6.83. The highest BCUT2D eigenvalue weighted by Gasteiger charge is 2.30. The van der Waals surface area contributed by atoms with Crippen LogP contribution in [0.25, 0.3) is 10.2 Å². The van der Waals surface area contributed by atoms with E-state index in [1.165, 1.54) is 6.07 Å². The number of hydrazine groups is 1. The van der Waals surface area contributed by atoms with E-state index in [1.807, 2.05) is 6.07 Å². The number of halogens is 3. The normalized spacial score (nSPS) is 12.0. The third kappa shape index (κ3) is 3.17. The first-order valence-electron chi connectivity index (χ1n) is 6.01. The molecule has 0 bridgehead atoms. The predicted molar refractivity (Wildman–Crippen MR) is 73.8 cm³/mol. The van der Waals surface area contributed by atoms with Crippen LogP contribution in [0.5, 0.6) is 0 Å².